The van der Waals surface area contributed by atoms with Crippen LogP contribution in [-0.4, -0.2) is 64.7 Å². The highest BCUT2D eigenvalue weighted by molar-refractivity contribution is 6.00. The van der Waals surface area contributed by atoms with Crippen LogP contribution in [0.15, 0.2) is 48.7 Å². The van der Waals surface area contributed by atoms with E-state index in [4.69, 9.17) is 5.73 Å². The zero-order valence-corrected chi connectivity index (χ0v) is 24.9. The summed E-state index contributed by atoms with van der Waals surface area (Å²) in [6.45, 7) is 3.49. The molecule has 2 fully saturated rings. The molecule has 13 heteroatoms. The summed E-state index contributed by atoms with van der Waals surface area (Å²) in [6.07, 6.45) is -3.62. The maximum atomic E-state index is 14.1. The Labute approximate surface area is 257 Å². The van der Waals surface area contributed by atoms with Crippen LogP contribution in [0.5, 0.6) is 0 Å². The highest BCUT2D eigenvalue weighted by Crippen LogP contribution is 2.37. The molecule has 7 nitrogen and oxygen atoms in total. The summed E-state index contributed by atoms with van der Waals surface area (Å²) in [5.74, 6) is -1.27. The molecule has 2 unspecified atom stereocenters. The van der Waals surface area contributed by atoms with E-state index in [-0.39, 0.29) is 11.6 Å². The predicted octanol–water partition coefficient (Wildman–Crippen LogP) is 5.58. The largest absolute Gasteiger partial charge is 0.416 e. The molecule has 2 aliphatic rings. The molecular formula is C32H37F6N5O2. The molecule has 1 amide bonds. The van der Waals surface area contributed by atoms with Gasteiger partial charge in [0.25, 0.3) is 0 Å². The molecule has 45 heavy (non-hydrogen) atoms. The minimum Gasteiger partial charge on any atom is -0.361 e. The molecule has 0 aliphatic carbocycles. The standard InChI is InChI=1S/C32H37F6N5O2/c1-20(44)30(39,26-19-40-27-8-4-3-7-25(26)27)28(43-13-9-24(10-14-43)42-11-5-2-6-12-42)29(45)41-18-21-15-22(31(33,34)35)17-23(16-21)32(36,37)38/h3-4,7-8,15-17,19,24,28,40H,2,5-6,9-14,18,39H2,1H3,(H,41,45). The molecule has 4 N–H and O–H groups in total. The number of fused-ring (bicyclic) bond motifs is 1. The second-order valence-electron chi connectivity index (χ2n) is 12.1. The lowest BCUT2D eigenvalue weighted by Gasteiger charge is -2.46. The normalized spacial score (nSPS) is 19.7. The van der Waals surface area contributed by atoms with E-state index in [2.05, 4.69) is 15.2 Å². The molecule has 3 aromatic rings. The highest BCUT2D eigenvalue weighted by Gasteiger charge is 2.50. The van der Waals surface area contributed by atoms with E-state index in [9.17, 15) is 35.9 Å². The minimum absolute atomic E-state index is 0.0400. The van der Waals surface area contributed by atoms with Crippen molar-refractivity contribution in [2.24, 2.45) is 5.73 Å². The number of piperidine rings is 2. The van der Waals surface area contributed by atoms with E-state index in [1.165, 1.54) is 13.3 Å². The average molecular weight is 638 g/mol. The van der Waals surface area contributed by atoms with Crippen LogP contribution in [0.25, 0.3) is 10.9 Å². The fourth-order valence-electron chi connectivity index (χ4n) is 6.80. The van der Waals surface area contributed by atoms with Gasteiger partial charge < -0.3 is 20.9 Å². The molecule has 2 aliphatic heterocycles. The Balaban J connectivity index is 1.48. The lowest BCUT2D eigenvalue weighted by Crippen LogP contribution is -2.67. The van der Waals surface area contributed by atoms with Gasteiger partial charge in [0.1, 0.15) is 11.6 Å². The van der Waals surface area contributed by atoms with E-state index >= 15 is 0 Å². The van der Waals surface area contributed by atoms with Gasteiger partial charge in [-0.2, -0.15) is 26.3 Å². The number of aromatic amines is 1. The molecule has 3 heterocycles. The number of carbonyl (C=O) groups is 2. The van der Waals surface area contributed by atoms with Gasteiger partial charge in [0.05, 0.1) is 11.1 Å². The lowest BCUT2D eigenvalue weighted by atomic mass is 9.78. The van der Waals surface area contributed by atoms with Gasteiger partial charge in [-0.15, -0.1) is 0 Å². The van der Waals surface area contributed by atoms with Gasteiger partial charge in [-0.25, -0.2) is 0 Å². The van der Waals surface area contributed by atoms with Gasteiger partial charge in [-0.3, -0.25) is 14.5 Å². The maximum absolute atomic E-state index is 14.1. The number of para-hydroxylation sites is 1. The summed E-state index contributed by atoms with van der Waals surface area (Å²) in [5.41, 5.74) is 2.82. The molecular weight excluding hydrogens is 600 g/mol. The molecule has 1 aromatic heterocycles. The summed E-state index contributed by atoms with van der Waals surface area (Å²) < 4.78 is 80.9. The summed E-state index contributed by atoms with van der Waals surface area (Å²) in [4.78, 5) is 34.9. The van der Waals surface area contributed by atoms with Gasteiger partial charge in [0, 0.05) is 48.3 Å². The molecule has 2 saturated heterocycles. The van der Waals surface area contributed by atoms with Gasteiger partial charge in [0.15, 0.2) is 5.78 Å². The summed E-state index contributed by atoms with van der Waals surface area (Å²) in [6, 6.07) is 7.34. The van der Waals surface area contributed by atoms with Crippen LogP contribution in [0.4, 0.5) is 26.3 Å². The van der Waals surface area contributed by atoms with Crippen molar-refractivity contribution in [2.75, 3.05) is 26.2 Å². The highest BCUT2D eigenvalue weighted by atomic mass is 19.4. The van der Waals surface area contributed by atoms with Crippen molar-refractivity contribution in [1.82, 2.24) is 20.1 Å². The second-order valence-corrected chi connectivity index (χ2v) is 12.1. The monoisotopic (exact) mass is 637 g/mol. The first-order valence-corrected chi connectivity index (χ1v) is 15.1. The Hall–Kier alpha value is -3.42. The van der Waals surface area contributed by atoms with Crippen molar-refractivity contribution in [3.8, 4) is 0 Å². The first kappa shape index (κ1) is 33.0. The van der Waals surface area contributed by atoms with Crippen molar-refractivity contribution in [3.63, 3.8) is 0 Å². The predicted molar refractivity (Wildman–Crippen MR) is 157 cm³/mol. The summed E-state index contributed by atoms with van der Waals surface area (Å²) in [7, 11) is 0. The van der Waals surface area contributed by atoms with Crippen LogP contribution in [-0.2, 0) is 34.0 Å². The zero-order chi connectivity index (χ0) is 32.6. The topological polar surface area (TPSA) is 94.5 Å². The van der Waals surface area contributed by atoms with Crippen LogP contribution < -0.4 is 11.1 Å². The van der Waals surface area contributed by atoms with Crippen molar-refractivity contribution < 1.29 is 35.9 Å². The van der Waals surface area contributed by atoms with Crippen molar-refractivity contribution >= 4 is 22.6 Å². The van der Waals surface area contributed by atoms with E-state index in [1.54, 1.807) is 30.5 Å². The van der Waals surface area contributed by atoms with E-state index in [1.807, 2.05) is 4.90 Å². The number of rotatable bonds is 8. The molecule has 0 saturated carbocycles. The van der Waals surface area contributed by atoms with Crippen molar-refractivity contribution in [2.45, 2.75) is 75.5 Å². The van der Waals surface area contributed by atoms with Crippen LogP contribution in [0.1, 0.15) is 61.3 Å². The number of likely N-dealkylation sites (tertiary alicyclic amines) is 2. The van der Waals surface area contributed by atoms with E-state index in [0.717, 1.165) is 25.9 Å². The first-order valence-electron chi connectivity index (χ1n) is 15.1. The number of hydrogen-bond acceptors (Lipinski definition) is 5. The summed E-state index contributed by atoms with van der Waals surface area (Å²) in [5, 5.41) is 3.16. The molecule has 2 atom stereocenters. The van der Waals surface area contributed by atoms with Crippen molar-refractivity contribution in [3.05, 3.63) is 70.9 Å². The molecule has 2 aromatic carbocycles. The Morgan fingerprint density at radius 2 is 1.53 bits per heavy atom. The third-order valence-electron chi connectivity index (χ3n) is 9.18. The first-order chi connectivity index (χ1) is 21.2. The number of ketones is 1. The van der Waals surface area contributed by atoms with Gasteiger partial charge in [-0.05, 0) is 75.5 Å². The zero-order valence-electron chi connectivity index (χ0n) is 24.9. The number of hydrogen-bond donors (Lipinski definition) is 3. The quantitative estimate of drug-likeness (QED) is 0.281. The molecule has 0 bridgehead atoms. The Kier molecular flexibility index (Phi) is 9.35. The number of H-pyrrole nitrogens is 1. The van der Waals surface area contributed by atoms with E-state index in [0.29, 0.717) is 60.6 Å². The number of benzene rings is 2. The molecule has 244 valence electrons. The Morgan fingerprint density at radius 3 is 2.11 bits per heavy atom. The molecule has 0 spiro atoms. The van der Waals surface area contributed by atoms with Crippen LogP contribution >= 0.6 is 0 Å². The fraction of sp³-hybridized carbons (Fsp3) is 0.500. The van der Waals surface area contributed by atoms with Crippen LogP contribution in [0.3, 0.4) is 0 Å². The Morgan fingerprint density at radius 1 is 0.933 bits per heavy atom. The fourth-order valence-corrected chi connectivity index (χ4v) is 6.80. The number of nitrogens with one attached hydrogen (secondary N) is 2. The average Bonchev–Trinajstić information content (AvgIpc) is 3.44. The third-order valence-corrected chi connectivity index (χ3v) is 9.18. The Bertz CT molecular complexity index is 1490. The number of Topliss-reactive ketones (excluding diaryl/α,β-unsaturated/α-hetero) is 1. The second kappa shape index (κ2) is 12.8. The molecule has 0 radical (unpaired) electrons. The SMILES string of the molecule is CC(=O)C(N)(c1c[nH]c2ccccc12)C(C(=O)NCc1cc(C(F)(F)F)cc(C(F)(F)F)c1)N1CCC(N2CCCCC2)CC1. The van der Waals surface area contributed by atoms with Crippen molar-refractivity contribution in [1.29, 1.82) is 0 Å². The van der Waals surface area contributed by atoms with Gasteiger partial charge in [-0.1, -0.05) is 24.6 Å². The summed E-state index contributed by atoms with van der Waals surface area (Å²) >= 11 is 0. The number of nitrogens with zero attached hydrogens (tertiary/aromatic N) is 2. The number of carbonyl (C=O) groups excluding carboxylic acids is 2. The minimum atomic E-state index is -5.03. The maximum Gasteiger partial charge on any atom is 0.416 e. The van der Waals surface area contributed by atoms with Gasteiger partial charge in [0.2, 0.25) is 5.91 Å². The van der Waals surface area contributed by atoms with E-state index < -0.39 is 53.3 Å². The number of nitrogens with two attached hydrogens (primary N) is 1. The smallest absolute Gasteiger partial charge is 0.361 e. The number of aromatic nitrogens is 1. The third kappa shape index (κ3) is 6.90. The lowest BCUT2D eigenvalue weighted by molar-refractivity contribution is -0.143. The van der Waals surface area contributed by atoms with Gasteiger partial charge >= 0.3 is 12.4 Å². The van der Waals surface area contributed by atoms with Crippen LogP contribution in [0, 0.1) is 0 Å². The van der Waals surface area contributed by atoms with Crippen LogP contribution in [0.2, 0.25) is 0 Å². The number of amides is 1. The number of alkyl halides is 6. The number of halogens is 6. The molecule has 5 rings (SSSR count).